The van der Waals surface area contributed by atoms with Gasteiger partial charge < -0.3 is 10.1 Å². The first-order valence-corrected chi connectivity index (χ1v) is 5.94. The van der Waals surface area contributed by atoms with Gasteiger partial charge in [-0.15, -0.1) is 0 Å². The summed E-state index contributed by atoms with van der Waals surface area (Å²) in [4.78, 5) is 22.8. The van der Waals surface area contributed by atoms with Gasteiger partial charge in [0, 0.05) is 5.69 Å². The average molecular weight is 249 g/mol. The van der Waals surface area contributed by atoms with Crippen LogP contribution in [0.2, 0.25) is 0 Å². The lowest BCUT2D eigenvalue weighted by Crippen LogP contribution is -2.23. The van der Waals surface area contributed by atoms with E-state index in [1.54, 1.807) is 13.8 Å². The molecule has 0 aliphatic carbocycles. The number of hydrogen-bond acceptors (Lipinski definition) is 3. The van der Waals surface area contributed by atoms with Gasteiger partial charge in [0.25, 0.3) is 5.91 Å². The van der Waals surface area contributed by atoms with Crippen LogP contribution in [0.1, 0.15) is 25.0 Å². The smallest absolute Gasteiger partial charge is 0.308 e. The zero-order valence-electron chi connectivity index (χ0n) is 11.2. The predicted octanol–water partition coefficient (Wildman–Crippen LogP) is 2.44. The summed E-state index contributed by atoms with van der Waals surface area (Å²) in [6, 6.07) is 5.67. The number of hydrogen-bond donors (Lipinski definition) is 1. The van der Waals surface area contributed by atoms with Crippen LogP contribution in [0, 0.1) is 19.8 Å². The van der Waals surface area contributed by atoms with Crippen LogP contribution in [0.5, 0.6) is 0 Å². The van der Waals surface area contributed by atoms with Gasteiger partial charge in [-0.2, -0.15) is 0 Å². The zero-order chi connectivity index (χ0) is 13.7. The molecule has 4 heteroatoms. The Bertz CT molecular complexity index is 452. The molecule has 0 atom stereocenters. The van der Waals surface area contributed by atoms with Crippen LogP contribution in [0.25, 0.3) is 0 Å². The number of carbonyl (C=O) groups excluding carboxylic acids is 2. The highest BCUT2D eigenvalue weighted by atomic mass is 16.5. The van der Waals surface area contributed by atoms with Gasteiger partial charge in [0.1, 0.15) is 0 Å². The molecule has 4 nitrogen and oxygen atoms in total. The molecule has 0 fully saturated rings. The summed E-state index contributed by atoms with van der Waals surface area (Å²) in [6.45, 7) is 7.12. The van der Waals surface area contributed by atoms with E-state index in [9.17, 15) is 9.59 Å². The molecule has 1 aromatic carbocycles. The second-order valence-electron chi connectivity index (χ2n) is 4.56. The SMILES string of the molecule is Cc1cccc(NC(=O)COC(=O)C(C)C)c1C. The molecule has 98 valence electrons. The number of aryl methyl sites for hydroxylation is 1. The number of nitrogens with one attached hydrogen (secondary N) is 1. The van der Waals surface area contributed by atoms with Crippen molar-refractivity contribution in [2.75, 3.05) is 11.9 Å². The number of anilines is 1. The first-order chi connectivity index (χ1) is 8.41. The number of amides is 1. The minimum absolute atomic E-state index is 0.224. The molecule has 1 amide bonds. The molecule has 0 radical (unpaired) electrons. The Kier molecular flexibility index (Phi) is 4.89. The molecule has 0 bridgehead atoms. The first kappa shape index (κ1) is 14.2. The van der Waals surface area contributed by atoms with Gasteiger partial charge in [0.2, 0.25) is 0 Å². The molecule has 1 aromatic rings. The summed E-state index contributed by atoms with van der Waals surface area (Å²) in [5.41, 5.74) is 2.87. The molecule has 0 aliphatic heterocycles. The van der Waals surface area contributed by atoms with Crippen LogP contribution in [-0.4, -0.2) is 18.5 Å². The molecule has 0 saturated heterocycles. The van der Waals surface area contributed by atoms with E-state index in [-0.39, 0.29) is 24.4 Å². The van der Waals surface area contributed by atoms with Gasteiger partial charge in [-0.3, -0.25) is 9.59 Å². The second-order valence-corrected chi connectivity index (χ2v) is 4.56. The molecule has 1 N–H and O–H groups in total. The molecular weight excluding hydrogens is 230 g/mol. The van der Waals surface area contributed by atoms with Crippen LogP contribution >= 0.6 is 0 Å². The quantitative estimate of drug-likeness (QED) is 0.834. The molecular formula is C14H19NO3. The molecule has 0 aromatic heterocycles. The van der Waals surface area contributed by atoms with E-state index in [0.29, 0.717) is 0 Å². The van der Waals surface area contributed by atoms with E-state index in [2.05, 4.69) is 5.32 Å². The zero-order valence-corrected chi connectivity index (χ0v) is 11.2. The van der Waals surface area contributed by atoms with Crippen molar-refractivity contribution in [1.29, 1.82) is 0 Å². The highest BCUT2D eigenvalue weighted by Gasteiger charge is 2.12. The number of rotatable bonds is 4. The Morgan fingerprint density at radius 3 is 2.56 bits per heavy atom. The highest BCUT2D eigenvalue weighted by molar-refractivity contribution is 5.93. The lowest BCUT2D eigenvalue weighted by atomic mass is 10.1. The minimum Gasteiger partial charge on any atom is -0.455 e. The van der Waals surface area contributed by atoms with Crippen molar-refractivity contribution in [3.05, 3.63) is 29.3 Å². The topological polar surface area (TPSA) is 55.4 Å². The third kappa shape index (κ3) is 3.87. The van der Waals surface area contributed by atoms with Gasteiger partial charge in [-0.25, -0.2) is 0 Å². The molecule has 0 heterocycles. The van der Waals surface area contributed by atoms with Crippen LogP contribution in [0.3, 0.4) is 0 Å². The molecule has 18 heavy (non-hydrogen) atoms. The van der Waals surface area contributed by atoms with E-state index in [4.69, 9.17) is 4.74 Å². The standard InChI is InChI=1S/C14H19NO3/c1-9(2)14(17)18-8-13(16)15-12-7-5-6-10(3)11(12)4/h5-7,9H,8H2,1-4H3,(H,15,16). The van der Waals surface area contributed by atoms with E-state index in [1.807, 2.05) is 32.0 Å². The Morgan fingerprint density at radius 2 is 1.94 bits per heavy atom. The third-order valence-corrected chi connectivity index (χ3v) is 2.70. The number of ether oxygens (including phenoxy) is 1. The van der Waals surface area contributed by atoms with Crippen molar-refractivity contribution in [3.8, 4) is 0 Å². The largest absolute Gasteiger partial charge is 0.455 e. The predicted molar refractivity (Wildman–Crippen MR) is 70.3 cm³/mol. The summed E-state index contributed by atoms with van der Waals surface area (Å²) < 4.78 is 4.86. The van der Waals surface area contributed by atoms with Crippen LogP contribution < -0.4 is 5.32 Å². The summed E-state index contributed by atoms with van der Waals surface area (Å²) in [5.74, 6) is -0.915. The van der Waals surface area contributed by atoms with E-state index < -0.39 is 0 Å². The maximum absolute atomic E-state index is 11.6. The van der Waals surface area contributed by atoms with Crippen LogP contribution in [0.15, 0.2) is 18.2 Å². The highest BCUT2D eigenvalue weighted by Crippen LogP contribution is 2.17. The summed E-state index contributed by atoms with van der Waals surface area (Å²) >= 11 is 0. The van der Waals surface area contributed by atoms with E-state index >= 15 is 0 Å². The third-order valence-electron chi connectivity index (χ3n) is 2.70. The number of carbonyl (C=O) groups is 2. The normalized spacial score (nSPS) is 10.3. The van der Waals surface area contributed by atoms with Gasteiger partial charge in [-0.1, -0.05) is 26.0 Å². The Morgan fingerprint density at radius 1 is 1.28 bits per heavy atom. The monoisotopic (exact) mass is 249 g/mol. The fourth-order valence-electron chi connectivity index (χ4n) is 1.38. The molecule has 1 rings (SSSR count). The fraction of sp³-hybridized carbons (Fsp3) is 0.429. The van der Waals surface area contributed by atoms with E-state index in [1.165, 1.54) is 0 Å². The lowest BCUT2D eigenvalue weighted by molar-refractivity contribution is -0.150. The van der Waals surface area contributed by atoms with Crippen molar-refractivity contribution in [1.82, 2.24) is 0 Å². The number of esters is 1. The fourth-order valence-corrected chi connectivity index (χ4v) is 1.38. The maximum atomic E-state index is 11.6. The summed E-state index contributed by atoms with van der Waals surface area (Å²) in [5, 5.41) is 2.73. The molecule has 0 saturated carbocycles. The molecule has 0 aliphatic rings. The second kappa shape index (κ2) is 6.19. The van der Waals surface area contributed by atoms with Crippen molar-refractivity contribution in [2.24, 2.45) is 5.92 Å². The Labute approximate surface area is 107 Å². The first-order valence-electron chi connectivity index (χ1n) is 5.94. The molecule has 0 spiro atoms. The van der Waals surface area contributed by atoms with Crippen molar-refractivity contribution in [2.45, 2.75) is 27.7 Å². The van der Waals surface area contributed by atoms with Crippen LogP contribution in [-0.2, 0) is 14.3 Å². The summed E-state index contributed by atoms with van der Waals surface area (Å²) in [7, 11) is 0. The maximum Gasteiger partial charge on any atom is 0.308 e. The van der Waals surface area contributed by atoms with Gasteiger partial charge in [-0.05, 0) is 31.0 Å². The van der Waals surface area contributed by atoms with Crippen molar-refractivity contribution in [3.63, 3.8) is 0 Å². The Balaban J connectivity index is 2.55. The number of benzene rings is 1. The summed E-state index contributed by atoms with van der Waals surface area (Å²) in [6.07, 6.45) is 0. The minimum atomic E-state index is -0.369. The van der Waals surface area contributed by atoms with E-state index in [0.717, 1.165) is 16.8 Å². The van der Waals surface area contributed by atoms with Gasteiger partial charge in [0.05, 0.1) is 5.92 Å². The van der Waals surface area contributed by atoms with Crippen LogP contribution in [0.4, 0.5) is 5.69 Å². The average Bonchev–Trinajstić information content (AvgIpc) is 2.32. The van der Waals surface area contributed by atoms with Crippen molar-refractivity contribution >= 4 is 17.6 Å². The van der Waals surface area contributed by atoms with Gasteiger partial charge >= 0.3 is 5.97 Å². The lowest BCUT2D eigenvalue weighted by Gasteiger charge is -2.11. The van der Waals surface area contributed by atoms with Gasteiger partial charge in [0.15, 0.2) is 6.61 Å². The Hall–Kier alpha value is -1.84. The molecule has 0 unspecified atom stereocenters. The van der Waals surface area contributed by atoms with Crippen molar-refractivity contribution < 1.29 is 14.3 Å².